The number of aryl methyl sites for hydroxylation is 1. The minimum Gasteiger partial charge on any atom is -0.403 e. The molecular weight excluding hydrogens is 404 g/mol. The molecule has 1 atom stereocenters. The van der Waals surface area contributed by atoms with Crippen LogP contribution in [0.4, 0.5) is 15.9 Å². The highest BCUT2D eigenvalue weighted by atomic mass is 32.1. The lowest BCUT2D eigenvalue weighted by molar-refractivity contribution is -0.126. The summed E-state index contributed by atoms with van der Waals surface area (Å²) in [6.07, 6.45) is 7.37. The van der Waals surface area contributed by atoms with E-state index in [1.54, 1.807) is 36.5 Å². The molecule has 3 rings (SSSR count). The van der Waals surface area contributed by atoms with Gasteiger partial charge in [0.2, 0.25) is 11.9 Å². The number of carbonyl (C=O) groups is 2. The molecule has 2 aromatic heterocycles. The maximum Gasteiger partial charge on any atom is 0.324 e. The minimum absolute atomic E-state index is 0.400. The van der Waals surface area contributed by atoms with E-state index in [0.717, 1.165) is 11.3 Å². The van der Waals surface area contributed by atoms with Crippen LogP contribution in [0.1, 0.15) is 25.5 Å². The molecule has 0 bridgehead atoms. The molecule has 30 heavy (non-hydrogen) atoms. The van der Waals surface area contributed by atoms with Crippen molar-refractivity contribution in [2.45, 2.75) is 32.2 Å². The van der Waals surface area contributed by atoms with Crippen LogP contribution in [0.2, 0.25) is 0 Å². The van der Waals surface area contributed by atoms with E-state index in [-0.39, 0.29) is 0 Å². The summed E-state index contributed by atoms with van der Waals surface area (Å²) in [5, 5.41) is 3.19. The van der Waals surface area contributed by atoms with Crippen molar-refractivity contribution in [1.82, 2.24) is 19.9 Å². The van der Waals surface area contributed by atoms with E-state index in [2.05, 4.69) is 26.8 Å². The molecule has 0 aromatic carbocycles. The van der Waals surface area contributed by atoms with Crippen molar-refractivity contribution in [3.63, 3.8) is 0 Å². The summed E-state index contributed by atoms with van der Waals surface area (Å²) in [5.41, 5.74) is 11.3. The summed E-state index contributed by atoms with van der Waals surface area (Å²) in [7, 11) is 0. The van der Waals surface area contributed by atoms with Crippen molar-refractivity contribution in [1.29, 1.82) is 0 Å². The summed E-state index contributed by atoms with van der Waals surface area (Å²) in [6.45, 7) is 7.70. The summed E-state index contributed by atoms with van der Waals surface area (Å²) in [5.74, 6) is -0.116. The zero-order valence-electron chi connectivity index (χ0n) is 16.8. The van der Waals surface area contributed by atoms with Gasteiger partial charge in [0.1, 0.15) is 5.54 Å². The fraction of sp³-hybridized carbons (Fsp3) is 0.316. The first kappa shape index (κ1) is 21.2. The molecular formula is C19H24N8O2S. The van der Waals surface area contributed by atoms with Crippen molar-refractivity contribution in [3.8, 4) is 10.6 Å². The topological polar surface area (TPSA) is 143 Å². The number of likely N-dealkylation sites (tertiary alicyclic amines) is 1. The second kappa shape index (κ2) is 8.49. The lowest BCUT2D eigenvalue weighted by Gasteiger charge is -2.31. The van der Waals surface area contributed by atoms with Gasteiger partial charge in [0.25, 0.3) is 0 Å². The number of hydrogen-bond acceptors (Lipinski definition) is 8. The maximum atomic E-state index is 12.8. The largest absolute Gasteiger partial charge is 0.403 e. The van der Waals surface area contributed by atoms with Crippen LogP contribution in [-0.4, -0.2) is 43.9 Å². The Balaban J connectivity index is 1.83. The summed E-state index contributed by atoms with van der Waals surface area (Å²) in [6, 6.07) is 1.36. The van der Waals surface area contributed by atoms with Crippen LogP contribution in [0, 0.1) is 6.92 Å². The molecule has 0 aliphatic carbocycles. The van der Waals surface area contributed by atoms with Gasteiger partial charge in [0.15, 0.2) is 5.13 Å². The van der Waals surface area contributed by atoms with Crippen molar-refractivity contribution in [2.75, 3.05) is 16.8 Å². The standard InChI is InChI=1S/C19H24N8O2S/c1-4-26(11-8-20)16-22-9-6-13(24-16)14-12(2)23-17(30-14)25-18(29)27-10-5-7-19(27,3)15(21)28/h4,6,8-9,11H,1,5,7,10,20H2,2-3H3,(H2,21,28)(H,23,25,29)/b11-8-/t19-/m0/s1. The molecule has 10 nitrogen and oxygen atoms in total. The number of carbonyl (C=O) groups excluding carboxylic acids is 2. The Bertz CT molecular complexity index is 1000. The molecule has 158 valence electrons. The zero-order valence-corrected chi connectivity index (χ0v) is 17.6. The predicted octanol–water partition coefficient (Wildman–Crippen LogP) is 2.16. The smallest absolute Gasteiger partial charge is 0.324 e. The maximum absolute atomic E-state index is 12.8. The number of anilines is 2. The van der Waals surface area contributed by atoms with E-state index in [1.165, 1.54) is 22.4 Å². The molecule has 3 amide bonds. The van der Waals surface area contributed by atoms with Crippen LogP contribution in [0.5, 0.6) is 0 Å². The second-order valence-electron chi connectivity index (χ2n) is 6.93. The van der Waals surface area contributed by atoms with Gasteiger partial charge in [0, 0.05) is 31.3 Å². The average Bonchev–Trinajstić information content (AvgIpc) is 3.29. The van der Waals surface area contributed by atoms with Gasteiger partial charge in [-0.25, -0.2) is 19.7 Å². The first-order valence-electron chi connectivity index (χ1n) is 9.29. The van der Waals surface area contributed by atoms with Crippen molar-refractivity contribution < 1.29 is 9.59 Å². The van der Waals surface area contributed by atoms with Gasteiger partial charge in [-0.15, -0.1) is 0 Å². The molecule has 1 aliphatic heterocycles. The molecule has 2 aromatic rings. The van der Waals surface area contributed by atoms with E-state index in [9.17, 15) is 9.59 Å². The Morgan fingerprint density at radius 1 is 1.43 bits per heavy atom. The molecule has 11 heteroatoms. The minimum atomic E-state index is -0.995. The zero-order chi connectivity index (χ0) is 21.9. The molecule has 0 saturated carbocycles. The van der Waals surface area contributed by atoms with Crippen LogP contribution < -0.4 is 21.7 Å². The Hall–Kier alpha value is -3.47. The number of primary amides is 1. The molecule has 3 heterocycles. The fourth-order valence-electron chi connectivity index (χ4n) is 3.29. The molecule has 0 unspecified atom stereocenters. The second-order valence-corrected chi connectivity index (χ2v) is 7.93. The van der Waals surface area contributed by atoms with Gasteiger partial charge in [0.05, 0.1) is 16.3 Å². The van der Waals surface area contributed by atoms with Gasteiger partial charge in [-0.3, -0.25) is 15.0 Å². The van der Waals surface area contributed by atoms with E-state index < -0.39 is 17.5 Å². The van der Waals surface area contributed by atoms with E-state index >= 15 is 0 Å². The van der Waals surface area contributed by atoms with Crippen molar-refractivity contribution in [2.24, 2.45) is 11.5 Å². The average molecular weight is 429 g/mol. The van der Waals surface area contributed by atoms with Crippen LogP contribution >= 0.6 is 11.3 Å². The Morgan fingerprint density at radius 3 is 2.87 bits per heavy atom. The van der Waals surface area contributed by atoms with Gasteiger partial charge >= 0.3 is 6.03 Å². The van der Waals surface area contributed by atoms with E-state index in [4.69, 9.17) is 11.5 Å². The third-order valence-electron chi connectivity index (χ3n) is 4.98. The monoisotopic (exact) mass is 428 g/mol. The number of urea groups is 1. The van der Waals surface area contributed by atoms with E-state index in [1.807, 2.05) is 6.92 Å². The number of thiazole rings is 1. The lowest BCUT2D eigenvalue weighted by atomic mass is 9.98. The Kier molecular flexibility index (Phi) is 6.01. The highest BCUT2D eigenvalue weighted by Crippen LogP contribution is 2.34. The number of hydrogen-bond donors (Lipinski definition) is 3. The summed E-state index contributed by atoms with van der Waals surface area (Å²) in [4.78, 5) is 41.6. The van der Waals surface area contributed by atoms with Gasteiger partial charge in [-0.1, -0.05) is 17.9 Å². The van der Waals surface area contributed by atoms with Crippen molar-refractivity contribution in [3.05, 3.63) is 43.1 Å². The van der Waals surface area contributed by atoms with Gasteiger partial charge < -0.3 is 16.4 Å². The third kappa shape index (κ3) is 3.96. The molecule has 0 radical (unpaired) electrons. The third-order valence-corrected chi connectivity index (χ3v) is 6.07. The summed E-state index contributed by atoms with van der Waals surface area (Å²) < 4.78 is 0. The number of amides is 3. The molecule has 1 fully saturated rings. The predicted molar refractivity (Wildman–Crippen MR) is 116 cm³/mol. The Labute approximate surface area is 178 Å². The summed E-state index contributed by atoms with van der Waals surface area (Å²) >= 11 is 1.29. The number of nitrogens with two attached hydrogens (primary N) is 2. The van der Waals surface area contributed by atoms with Crippen LogP contribution in [0.25, 0.3) is 10.6 Å². The van der Waals surface area contributed by atoms with Crippen LogP contribution in [-0.2, 0) is 4.79 Å². The van der Waals surface area contributed by atoms with Gasteiger partial charge in [-0.2, -0.15) is 0 Å². The van der Waals surface area contributed by atoms with Crippen LogP contribution in [0.15, 0.2) is 37.4 Å². The fourth-order valence-corrected chi connectivity index (χ4v) is 4.22. The van der Waals surface area contributed by atoms with E-state index in [0.29, 0.717) is 35.4 Å². The molecule has 1 saturated heterocycles. The SMILES string of the molecule is C=CN(/C=C\N)c1nccc(-c2sc(NC(=O)N3CCC[C@@]3(C)C(N)=O)nc2C)n1. The highest BCUT2D eigenvalue weighted by molar-refractivity contribution is 7.19. The first-order chi connectivity index (χ1) is 14.3. The van der Waals surface area contributed by atoms with Gasteiger partial charge in [-0.05, 0) is 32.8 Å². The Morgan fingerprint density at radius 2 is 2.20 bits per heavy atom. The van der Waals surface area contributed by atoms with Crippen LogP contribution in [0.3, 0.4) is 0 Å². The number of rotatable bonds is 6. The molecule has 5 N–H and O–H groups in total. The first-order valence-corrected chi connectivity index (χ1v) is 10.1. The highest BCUT2D eigenvalue weighted by Gasteiger charge is 2.44. The quantitative estimate of drug-likeness (QED) is 0.639. The normalized spacial score (nSPS) is 18.5. The number of nitrogens with one attached hydrogen (secondary N) is 1. The number of aromatic nitrogens is 3. The van der Waals surface area contributed by atoms with Crippen molar-refractivity contribution >= 4 is 34.4 Å². The molecule has 0 spiro atoms. The number of nitrogens with zero attached hydrogens (tertiary/aromatic N) is 5. The lowest BCUT2D eigenvalue weighted by Crippen LogP contribution is -2.55. The molecule has 1 aliphatic rings.